The lowest BCUT2D eigenvalue weighted by molar-refractivity contribution is -0.138. The maximum absolute atomic E-state index is 12.8. The van der Waals surface area contributed by atoms with Crippen molar-refractivity contribution >= 4 is 12.4 Å². The van der Waals surface area contributed by atoms with Gasteiger partial charge < -0.3 is 5.11 Å². The normalized spacial score (nSPS) is 12.7. The van der Waals surface area contributed by atoms with Crippen molar-refractivity contribution in [2.75, 3.05) is 0 Å². The van der Waals surface area contributed by atoms with Gasteiger partial charge in [-0.25, -0.2) is 0 Å². The largest absolute Gasteiger partial charge is 0.507 e. The van der Waals surface area contributed by atoms with Crippen molar-refractivity contribution < 1.29 is 31.4 Å². The molecule has 0 aliphatic carbocycles. The van der Waals surface area contributed by atoms with Crippen LogP contribution in [-0.4, -0.2) is 17.5 Å². The molecule has 1 N–H and O–H groups in total. The molecular formula is C25H20F6N2O. The smallest absolute Gasteiger partial charge is 0.416 e. The highest BCUT2D eigenvalue weighted by Crippen LogP contribution is 2.30. The molecule has 178 valence electrons. The molecule has 0 saturated carbocycles. The van der Waals surface area contributed by atoms with E-state index in [-0.39, 0.29) is 18.8 Å². The van der Waals surface area contributed by atoms with Crippen LogP contribution >= 0.6 is 0 Å². The first-order valence-corrected chi connectivity index (χ1v) is 10.1. The predicted octanol–water partition coefficient (Wildman–Crippen LogP) is 6.98. The Labute approximate surface area is 192 Å². The van der Waals surface area contributed by atoms with Gasteiger partial charge in [0.05, 0.1) is 24.2 Å². The van der Waals surface area contributed by atoms with Gasteiger partial charge in [0.1, 0.15) is 5.75 Å². The van der Waals surface area contributed by atoms with Crippen LogP contribution in [0.2, 0.25) is 0 Å². The minimum Gasteiger partial charge on any atom is -0.507 e. The molecule has 0 spiro atoms. The molecule has 9 heteroatoms. The van der Waals surface area contributed by atoms with Gasteiger partial charge in [0.2, 0.25) is 0 Å². The third kappa shape index (κ3) is 6.69. The standard InChI is InChI=1S/C25H20F6N2O/c1-16-8-19(14-32-12-17-4-2-6-21(10-17)24(26,27)28)23(34)20(9-16)15-33-13-18-5-3-7-22(11-18)25(29,30)31/h2-11,14-15,34H,12-13H2,1H3. The highest BCUT2D eigenvalue weighted by molar-refractivity contribution is 5.92. The topological polar surface area (TPSA) is 45.0 Å². The number of halogens is 6. The number of hydrogen-bond acceptors (Lipinski definition) is 3. The number of rotatable bonds is 6. The molecule has 0 radical (unpaired) electrons. The Morgan fingerprint density at radius 3 is 1.50 bits per heavy atom. The van der Waals surface area contributed by atoms with Crippen molar-refractivity contribution in [3.05, 3.63) is 99.6 Å². The lowest BCUT2D eigenvalue weighted by Crippen LogP contribution is -2.05. The van der Waals surface area contributed by atoms with Crippen LogP contribution in [-0.2, 0) is 25.4 Å². The number of nitrogens with zero attached hydrogens (tertiary/aromatic N) is 2. The molecule has 3 aromatic carbocycles. The number of alkyl halides is 6. The lowest BCUT2D eigenvalue weighted by Gasteiger charge is -2.08. The van der Waals surface area contributed by atoms with Crippen LogP contribution in [0.3, 0.4) is 0 Å². The summed E-state index contributed by atoms with van der Waals surface area (Å²) < 4.78 is 77.1. The number of aryl methyl sites for hydroxylation is 1. The summed E-state index contributed by atoms with van der Waals surface area (Å²) in [6, 6.07) is 12.9. The third-order valence-corrected chi connectivity index (χ3v) is 4.83. The van der Waals surface area contributed by atoms with Crippen molar-refractivity contribution in [1.82, 2.24) is 0 Å². The highest BCUT2D eigenvalue weighted by atomic mass is 19.4. The van der Waals surface area contributed by atoms with Gasteiger partial charge >= 0.3 is 12.4 Å². The molecule has 3 aromatic rings. The fourth-order valence-corrected chi connectivity index (χ4v) is 3.22. The van der Waals surface area contributed by atoms with Gasteiger partial charge in [-0.2, -0.15) is 26.3 Å². The van der Waals surface area contributed by atoms with Crippen molar-refractivity contribution in [3.63, 3.8) is 0 Å². The van der Waals surface area contributed by atoms with Crippen LogP contribution in [0.5, 0.6) is 5.75 Å². The summed E-state index contributed by atoms with van der Waals surface area (Å²) in [4.78, 5) is 8.27. The Kier molecular flexibility index (Phi) is 7.44. The number of hydrogen-bond donors (Lipinski definition) is 1. The van der Waals surface area contributed by atoms with Gasteiger partial charge in [0.15, 0.2) is 0 Å². The molecular weight excluding hydrogens is 458 g/mol. The summed E-state index contributed by atoms with van der Waals surface area (Å²) in [5.41, 5.74) is 0.636. The molecule has 0 saturated heterocycles. The highest BCUT2D eigenvalue weighted by Gasteiger charge is 2.31. The maximum atomic E-state index is 12.8. The summed E-state index contributed by atoms with van der Waals surface area (Å²) in [6.07, 6.45) is -6.19. The van der Waals surface area contributed by atoms with Crippen molar-refractivity contribution in [2.24, 2.45) is 9.98 Å². The average Bonchev–Trinajstić information content (AvgIpc) is 2.76. The van der Waals surface area contributed by atoms with Crippen LogP contribution in [0.1, 0.15) is 38.9 Å². The Morgan fingerprint density at radius 2 is 1.12 bits per heavy atom. The molecule has 0 aromatic heterocycles. The van der Waals surface area contributed by atoms with E-state index in [9.17, 15) is 31.4 Å². The molecule has 0 heterocycles. The first-order valence-electron chi connectivity index (χ1n) is 10.1. The van der Waals surface area contributed by atoms with E-state index in [0.29, 0.717) is 22.3 Å². The van der Waals surface area contributed by atoms with Crippen molar-refractivity contribution in [3.8, 4) is 5.75 Å². The van der Waals surface area contributed by atoms with Gasteiger partial charge in [-0.1, -0.05) is 24.3 Å². The van der Waals surface area contributed by atoms with Crippen molar-refractivity contribution in [1.29, 1.82) is 0 Å². The zero-order valence-corrected chi connectivity index (χ0v) is 18.0. The molecule has 0 fully saturated rings. The van der Waals surface area contributed by atoms with Crippen molar-refractivity contribution in [2.45, 2.75) is 32.4 Å². The van der Waals surface area contributed by atoms with Crippen LogP contribution in [0.15, 0.2) is 70.6 Å². The zero-order valence-electron chi connectivity index (χ0n) is 18.0. The monoisotopic (exact) mass is 478 g/mol. The molecule has 0 unspecified atom stereocenters. The number of phenolic OH excluding ortho intramolecular Hbond substituents is 1. The molecule has 3 nitrogen and oxygen atoms in total. The number of benzene rings is 3. The van der Waals surface area contributed by atoms with E-state index in [1.807, 2.05) is 0 Å². The van der Waals surface area contributed by atoms with E-state index in [2.05, 4.69) is 9.98 Å². The minimum atomic E-state index is -4.45. The summed E-state index contributed by atoms with van der Waals surface area (Å²) >= 11 is 0. The Balaban J connectivity index is 1.74. The van der Waals surface area contributed by atoms with Crippen LogP contribution < -0.4 is 0 Å². The molecule has 0 aliphatic heterocycles. The van der Waals surface area contributed by atoms with Crippen LogP contribution in [0.4, 0.5) is 26.3 Å². The van der Waals surface area contributed by atoms with Gasteiger partial charge in [-0.15, -0.1) is 0 Å². The maximum Gasteiger partial charge on any atom is 0.416 e. The fourth-order valence-electron chi connectivity index (χ4n) is 3.22. The van der Waals surface area contributed by atoms with Gasteiger partial charge in [-0.3, -0.25) is 9.98 Å². The number of phenols is 1. The Hall–Kier alpha value is -3.62. The summed E-state index contributed by atoms with van der Waals surface area (Å²) in [5, 5.41) is 10.5. The second-order valence-corrected chi connectivity index (χ2v) is 7.63. The molecule has 34 heavy (non-hydrogen) atoms. The molecule has 3 rings (SSSR count). The molecule has 0 amide bonds. The number of aromatic hydroxyl groups is 1. The fraction of sp³-hybridized carbons (Fsp3) is 0.200. The predicted molar refractivity (Wildman–Crippen MR) is 118 cm³/mol. The van der Waals surface area contributed by atoms with E-state index >= 15 is 0 Å². The average molecular weight is 478 g/mol. The summed E-state index contributed by atoms with van der Waals surface area (Å²) in [6.45, 7) is 1.74. The summed E-state index contributed by atoms with van der Waals surface area (Å²) in [5.74, 6) is -0.147. The first-order chi connectivity index (χ1) is 15.9. The second-order valence-electron chi connectivity index (χ2n) is 7.63. The molecule has 0 aliphatic rings. The SMILES string of the molecule is Cc1cc(C=NCc2cccc(C(F)(F)F)c2)c(O)c(C=NCc2cccc(C(F)(F)F)c2)c1. The summed E-state index contributed by atoms with van der Waals surface area (Å²) in [7, 11) is 0. The zero-order chi connectivity index (χ0) is 24.9. The van der Waals surface area contributed by atoms with E-state index in [1.165, 1.54) is 36.7 Å². The lowest BCUT2D eigenvalue weighted by atomic mass is 10.1. The second kappa shape index (κ2) is 10.1. The van der Waals surface area contributed by atoms with Gasteiger partial charge in [0, 0.05) is 23.6 Å². The molecule has 0 bridgehead atoms. The van der Waals surface area contributed by atoms with Gasteiger partial charge in [-0.05, 0) is 60.0 Å². The Bertz CT molecular complexity index is 1120. The van der Waals surface area contributed by atoms with E-state index in [1.54, 1.807) is 19.1 Å². The molecule has 0 atom stereocenters. The van der Waals surface area contributed by atoms with Crippen LogP contribution in [0, 0.1) is 6.92 Å². The van der Waals surface area contributed by atoms with E-state index in [4.69, 9.17) is 0 Å². The minimum absolute atomic E-state index is 0.0176. The quantitative estimate of drug-likeness (QED) is 0.302. The Morgan fingerprint density at radius 1 is 0.706 bits per heavy atom. The van der Waals surface area contributed by atoms with Crippen LogP contribution in [0.25, 0.3) is 0 Å². The first kappa shape index (κ1) is 25.0. The number of aliphatic imine (C=N–C) groups is 2. The van der Waals surface area contributed by atoms with E-state index in [0.717, 1.165) is 29.8 Å². The third-order valence-electron chi connectivity index (χ3n) is 4.83. The van der Waals surface area contributed by atoms with E-state index < -0.39 is 23.5 Å². The van der Waals surface area contributed by atoms with Gasteiger partial charge in [0.25, 0.3) is 0 Å².